The first-order valence-electron chi connectivity index (χ1n) is 18.3. The molecule has 52 heavy (non-hydrogen) atoms. The third-order valence-corrected chi connectivity index (χ3v) is 8.99. The number of carbonyl (C=O) groups is 2. The number of nitrogens with one attached hydrogen (secondary N) is 2. The molecule has 2 fully saturated rings. The van der Waals surface area contributed by atoms with Crippen LogP contribution in [-0.4, -0.2) is 63.9 Å². The van der Waals surface area contributed by atoms with Crippen molar-refractivity contribution in [1.29, 1.82) is 0 Å². The fourth-order valence-corrected chi connectivity index (χ4v) is 5.91. The summed E-state index contributed by atoms with van der Waals surface area (Å²) in [7, 11) is 0. The zero-order valence-corrected chi connectivity index (χ0v) is 29.9. The van der Waals surface area contributed by atoms with Gasteiger partial charge in [0.15, 0.2) is 0 Å². The Hall–Kier alpha value is -5.06. The molecule has 0 bridgehead atoms. The minimum Gasteiger partial charge on any atom is -0.491 e. The molecule has 0 aromatic heterocycles. The number of hydrogen-bond donors (Lipinski definition) is 2. The van der Waals surface area contributed by atoms with Crippen LogP contribution in [0.1, 0.15) is 73.6 Å². The van der Waals surface area contributed by atoms with Crippen molar-refractivity contribution in [2.75, 3.05) is 39.5 Å². The van der Waals surface area contributed by atoms with Crippen molar-refractivity contribution in [2.45, 2.75) is 63.6 Å². The smallest absolute Gasteiger partial charge is 0.412 e. The van der Waals surface area contributed by atoms with Gasteiger partial charge in [0.2, 0.25) is 0 Å². The van der Waals surface area contributed by atoms with Crippen LogP contribution in [0.3, 0.4) is 0 Å². The van der Waals surface area contributed by atoms with Crippen molar-refractivity contribution < 1.29 is 38.0 Å². The first kappa shape index (κ1) is 36.7. The van der Waals surface area contributed by atoms with Crippen LogP contribution < -0.4 is 29.6 Å². The maximum atomic E-state index is 12.4. The van der Waals surface area contributed by atoms with E-state index in [4.69, 9.17) is 28.4 Å². The van der Waals surface area contributed by atoms with Crippen molar-refractivity contribution in [3.8, 4) is 23.0 Å². The average Bonchev–Trinajstić information content (AvgIpc) is 4.11. The molecular weight excluding hydrogens is 660 g/mol. The number of epoxide rings is 2. The molecule has 2 atom stereocenters. The van der Waals surface area contributed by atoms with Gasteiger partial charge < -0.3 is 39.1 Å². The van der Waals surface area contributed by atoms with Gasteiger partial charge in [-0.05, 0) is 83.6 Å². The van der Waals surface area contributed by atoms with Crippen molar-refractivity contribution in [1.82, 2.24) is 10.6 Å². The van der Waals surface area contributed by atoms with Crippen molar-refractivity contribution in [3.63, 3.8) is 0 Å². The van der Waals surface area contributed by atoms with E-state index >= 15 is 0 Å². The van der Waals surface area contributed by atoms with E-state index in [1.807, 2.05) is 72.8 Å². The maximum Gasteiger partial charge on any atom is 0.412 e. The molecule has 0 aliphatic carbocycles. The third kappa shape index (κ3) is 11.0. The third-order valence-electron chi connectivity index (χ3n) is 8.99. The Morgan fingerprint density at radius 3 is 1.15 bits per heavy atom. The van der Waals surface area contributed by atoms with E-state index in [-0.39, 0.29) is 24.0 Å². The van der Waals surface area contributed by atoms with Crippen LogP contribution in [0.25, 0.3) is 0 Å². The molecule has 2 unspecified atom stereocenters. The molecule has 6 rings (SSSR count). The van der Waals surface area contributed by atoms with E-state index in [1.54, 1.807) is 0 Å². The normalized spacial score (nSPS) is 16.4. The van der Waals surface area contributed by atoms with Crippen LogP contribution in [0.15, 0.2) is 97.1 Å². The minimum absolute atomic E-state index is 0.158. The van der Waals surface area contributed by atoms with E-state index in [2.05, 4.69) is 48.7 Å². The number of hydrogen-bond acceptors (Lipinski definition) is 8. The van der Waals surface area contributed by atoms with Gasteiger partial charge in [-0.25, -0.2) is 9.59 Å². The van der Waals surface area contributed by atoms with Crippen molar-refractivity contribution >= 4 is 12.2 Å². The highest BCUT2D eigenvalue weighted by molar-refractivity contribution is 5.71. The van der Waals surface area contributed by atoms with E-state index < -0.39 is 12.2 Å². The van der Waals surface area contributed by atoms with Gasteiger partial charge in [0.1, 0.15) is 48.4 Å². The molecule has 2 N–H and O–H groups in total. The topological polar surface area (TPSA) is 120 Å². The van der Waals surface area contributed by atoms with Crippen LogP contribution in [0.5, 0.6) is 23.0 Å². The fourth-order valence-electron chi connectivity index (χ4n) is 5.91. The van der Waals surface area contributed by atoms with E-state index in [9.17, 15) is 9.59 Å². The average molecular weight is 709 g/mol. The highest BCUT2D eigenvalue weighted by Gasteiger charge is 2.30. The predicted molar refractivity (Wildman–Crippen MR) is 198 cm³/mol. The Bertz CT molecular complexity index is 1580. The molecule has 274 valence electrons. The van der Waals surface area contributed by atoms with Crippen LogP contribution in [0.2, 0.25) is 0 Å². The second-order valence-electron chi connectivity index (χ2n) is 13.1. The van der Waals surface area contributed by atoms with Gasteiger partial charge in [-0.3, -0.25) is 0 Å². The summed E-state index contributed by atoms with van der Waals surface area (Å²) in [5.41, 5.74) is 4.16. The summed E-state index contributed by atoms with van der Waals surface area (Å²) < 4.78 is 33.8. The van der Waals surface area contributed by atoms with Gasteiger partial charge in [0, 0.05) is 24.9 Å². The summed E-state index contributed by atoms with van der Waals surface area (Å²) in [6.07, 6.45) is 3.09. The van der Waals surface area contributed by atoms with Crippen LogP contribution >= 0.6 is 0 Å². The maximum absolute atomic E-state index is 12.4. The number of ether oxygens (including phenoxy) is 6. The lowest BCUT2D eigenvalue weighted by atomic mass is 9.73. The SMILES string of the molecule is CCCCNC(=O)Oc1ccc(C(c2ccc(OC(=O)NCCCC)cc2)C(c2ccc(OCC3CO3)cc2)c2ccc(OCC3CO3)cc2)cc1. The molecule has 2 saturated heterocycles. The summed E-state index contributed by atoms with van der Waals surface area (Å²) >= 11 is 0. The van der Waals surface area contributed by atoms with E-state index in [1.165, 1.54) is 0 Å². The van der Waals surface area contributed by atoms with E-state index in [0.717, 1.165) is 72.6 Å². The molecule has 2 amide bonds. The molecule has 2 aliphatic rings. The molecule has 0 saturated carbocycles. The standard InChI is InChI=1S/C42H48N2O8/c1-3-5-23-43-41(45)51-35-19-11-31(12-20-35)40(32-13-21-36(22-14-32)52-42(46)44-24-6-4-2)39(29-7-15-33(16-8-29)47-25-37-27-49-37)30-9-17-34(18-10-30)48-26-38-28-50-38/h7-22,37-40H,3-6,23-28H2,1-2H3,(H,43,45)(H,44,46). The fraction of sp³-hybridized carbons (Fsp3) is 0.381. The number of amides is 2. The molecule has 10 heteroatoms. The molecule has 4 aromatic rings. The van der Waals surface area contributed by atoms with Gasteiger partial charge in [-0.1, -0.05) is 75.2 Å². The second kappa shape index (κ2) is 18.4. The highest BCUT2D eigenvalue weighted by atomic mass is 16.6. The van der Waals surface area contributed by atoms with Crippen LogP contribution in [0.4, 0.5) is 9.59 Å². The molecule has 2 heterocycles. The Morgan fingerprint density at radius 2 is 0.865 bits per heavy atom. The number of carbonyl (C=O) groups excluding carboxylic acids is 2. The lowest BCUT2D eigenvalue weighted by Crippen LogP contribution is -2.27. The van der Waals surface area contributed by atoms with Gasteiger partial charge in [0.05, 0.1) is 13.2 Å². The van der Waals surface area contributed by atoms with Crippen molar-refractivity contribution in [3.05, 3.63) is 119 Å². The largest absolute Gasteiger partial charge is 0.491 e. The second-order valence-corrected chi connectivity index (χ2v) is 13.1. The lowest BCUT2D eigenvalue weighted by molar-refractivity contribution is 0.199. The number of unbranched alkanes of at least 4 members (excludes halogenated alkanes) is 2. The monoisotopic (exact) mass is 708 g/mol. The number of benzene rings is 4. The first-order valence-corrected chi connectivity index (χ1v) is 18.3. The van der Waals surface area contributed by atoms with E-state index in [0.29, 0.717) is 37.8 Å². The summed E-state index contributed by atoms with van der Waals surface area (Å²) in [5.74, 6) is 2.10. The minimum atomic E-state index is -0.476. The first-order chi connectivity index (χ1) is 25.5. The quantitative estimate of drug-likeness (QED) is 0.0744. The molecule has 10 nitrogen and oxygen atoms in total. The van der Waals surface area contributed by atoms with Crippen molar-refractivity contribution in [2.24, 2.45) is 0 Å². The Labute approximate surface area is 305 Å². The highest BCUT2D eigenvalue weighted by Crippen LogP contribution is 2.44. The number of rotatable bonds is 19. The van der Waals surface area contributed by atoms with Gasteiger partial charge in [0.25, 0.3) is 0 Å². The molecule has 4 aromatic carbocycles. The summed E-state index contributed by atoms with van der Waals surface area (Å²) in [4.78, 5) is 24.8. The lowest BCUT2D eigenvalue weighted by Gasteiger charge is -2.30. The summed E-state index contributed by atoms with van der Waals surface area (Å²) in [6.45, 7) is 7.78. The molecule has 0 spiro atoms. The summed E-state index contributed by atoms with van der Waals surface area (Å²) in [6, 6.07) is 31.7. The Morgan fingerprint density at radius 1 is 0.558 bits per heavy atom. The van der Waals surface area contributed by atoms with Crippen LogP contribution in [0, 0.1) is 0 Å². The zero-order chi connectivity index (χ0) is 36.1. The van der Waals surface area contributed by atoms with Crippen LogP contribution in [-0.2, 0) is 9.47 Å². The Kier molecular flexibility index (Phi) is 13.0. The van der Waals surface area contributed by atoms with Gasteiger partial charge in [-0.2, -0.15) is 0 Å². The van der Waals surface area contributed by atoms with Gasteiger partial charge in [-0.15, -0.1) is 0 Å². The molecule has 0 radical (unpaired) electrons. The molecule has 2 aliphatic heterocycles. The van der Waals surface area contributed by atoms with Gasteiger partial charge >= 0.3 is 12.2 Å². The Balaban J connectivity index is 1.33. The molecular formula is C42H48N2O8. The summed E-state index contributed by atoms with van der Waals surface area (Å²) in [5, 5.41) is 5.60. The zero-order valence-electron chi connectivity index (χ0n) is 29.9. The predicted octanol–water partition coefficient (Wildman–Crippen LogP) is 7.98.